The van der Waals surface area contributed by atoms with Crippen molar-refractivity contribution < 1.29 is 18.7 Å². The minimum absolute atomic E-state index is 0.0376. The highest BCUT2D eigenvalue weighted by Gasteiger charge is 2.14. The maximum atomic E-state index is 13.9. The van der Waals surface area contributed by atoms with Crippen LogP contribution in [-0.4, -0.2) is 22.7 Å². The highest BCUT2D eigenvalue weighted by atomic mass is 32.1. The molecule has 2 aromatic carbocycles. The summed E-state index contributed by atoms with van der Waals surface area (Å²) < 4.78 is 25.3. The van der Waals surface area contributed by atoms with Gasteiger partial charge in [-0.2, -0.15) is 5.26 Å². The summed E-state index contributed by atoms with van der Waals surface area (Å²) in [5.74, 6) is -0.0650. The predicted octanol–water partition coefficient (Wildman–Crippen LogP) is 5.54. The van der Waals surface area contributed by atoms with Crippen molar-refractivity contribution in [3.63, 3.8) is 0 Å². The highest BCUT2D eigenvalue weighted by molar-refractivity contribution is 7.15. The lowest BCUT2D eigenvalue weighted by Gasteiger charge is -2.13. The van der Waals surface area contributed by atoms with E-state index in [9.17, 15) is 14.4 Å². The SMILES string of the molecule is CCCCc1nnc(NC(=O)/C(C#N)=C\c2ccc(OCc3ccccc3F)c(OCC)c2)s1. The number of nitrogens with zero attached hydrogens (tertiary/aromatic N) is 3. The minimum atomic E-state index is -0.571. The molecule has 0 saturated carbocycles. The summed E-state index contributed by atoms with van der Waals surface area (Å²) in [5, 5.41) is 21.4. The molecular weight excluding hydrogens is 455 g/mol. The Morgan fingerprint density at radius 2 is 2.00 bits per heavy atom. The zero-order valence-electron chi connectivity index (χ0n) is 19.0. The van der Waals surface area contributed by atoms with Crippen LogP contribution in [0.5, 0.6) is 11.5 Å². The molecule has 1 amide bonds. The molecule has 0 bridgehead atoms. The Morgan fingerprint density at radius 3 is 2.74 bits per heavy atom. The monoisotopic (exact) mass is 480 g/mol. The fourth-order valence-electron chi connectivity index (χ4n) is 2.99. The van der Waals surface area contributed by atoms with Gasteiger partial charge in [-0.25, -0.2) is 4.39 Å². The number of nitrogens with one attached hydrogen (secondary N) is 1. The Morgan fingerprint density at radius 1 is 1.18 bits per heavy atom. The molecular formula is C25H25FN4O3S. The third kappa shape index (κ3) is 6.86. The van der Waals surface area contributed by atoms with Crippen LogP contribution in [0.2, 0.25) is 0 Å². The molecule has 0 radical (unpaired) electrons. The van der Waals surface area contributed by atoms with Gasteiger partial charge < -0.3 is 9.47 Å². The van der Waals surface area contributed by atoms with Gasteiger partial charge in [0.2, 0.25) is 5.13 Å². The van der Waals surface area contributed by atoms with Crippen molar-refractivity contribution in [2.75, 3.05) is 11.9 Å². The quantitative estimate of drug-likeness (QED) is 0.286. The zero-order valence-corrected chi connectivity index (χ0v) is 19.8. The van der Waals surface area contributed by atoms with Crippen LogP contribution in [0.1, 0.15) is 42.8 Å². The van der Waals surface area contributed by atoms with Gasteiger partial charge in [0.15, 0.2) is 11.5 Å². The van der Waals surface area contributed by atoms with E-state index in [1.54, 1.807) is 36.4 Å². The smallest absolute Gasteiger partial charge is 0.268 e. The van der Waals surface area contributed by atoms with Gasteiger partial charge in [-0.3, -0.25) is 10.1 Å². The van der Waals surface area contributed by atoms with E-state index in [4.69, 9.17) is 9.47 Å². The van der Waals surface area contributed by atoms with E-state index in [-0.39, 0.29) is 18.0 Å². The predicted molar refractivity (Wildman–Crippen MR) is 129 cm³/mol. The highest BCUT2D eigenvalue weighted by Crippen LogP contribution is 2.30. The Labute approximate surface area is 201 Å². The number of anilines is 1. The summed E-state index contributed by atoms with van der Waals surface area (Å²) in [6.07, 6.45) is 4.29. The first-order valence-electron chi connectivity index (χ1n) is 10.9. The standard InChI is InChI=1S/C25H25FN4O3S/c1-3-5-10-23-29-30-25(34-23)28-24(31)19(15-27)13-17-11-12-21(22(14-17)32-4-2)33-16-18-8-6-7-9-20(18)26/h6-9,11-14H,3-5,10,16H2,1-2H3,(H,28,30,31)/b19-13-. The van der Waals surface area contributed by atoms with Crippen LogP contribution in [0.15, 0.2) is 48.0 Å². The van der Waals surface area contributed by atoms with Crippen LogP contribution in [0.25, 0.3) is 6.08 Å². The van der Waals surface area contributed by atoms with Crippen molar-refractivity contribution in [3.05, 3.63) is 70.0 Å². The van der Waals surface area contributed by atoms with Crippen molar-refractivity contribution in [1.29, 1.82) is 5.26 Å². The number of carbonyl (C=O) groups excluding carboxylic acids is 1. The molecule has 3 aromatic rings. The molecule has 0 fully saturated rings. The van der Waals surface area contributed by atoms with Gasteiger partial charge in [0.1, 0.15) is 29.1 Å². The summed E-state index contributed by atoms with van der Waals surface area (Å²) >= 11 is 1.30. The summed E-state index contributed by atoms with van der Waals surface area (Å²) in [7, 11) is 0. The molecule has 7 nitrogen and oxygen atoms in total. The Bertz CT molecular complexity index is 1200. The van der Waals surface area contributed by atoms with Crippen molar-refractivity contribution in [3.8, 4) is 17.6 Å². The largest absolute Gasteiger partial charge is 0.490 e. The first-order chi connectivity index (χ1) is 16.5. The normalized spacial score (nSPS) is 11.1. The molecule has 0 saturated heterocycles. The molecule has 0 spiro atoms. The summed E-state index contributed by atoms with van der Waals surface area (Å²) in [6, 6.07) is 13.3. The number of aryl methyl sites for hydroxylation is 1. The van der Waals surface area contributed by atoms with Crippen molar-refractivity contribution >= 4 is 28.5 Å². The zero-order chi connectivity index (χ0) is 24.3. The van der Waals surface area contributed by atoms with E-state index < -0.39 is 5.91 Å². The number of unbranched alkanes of at least 4 members (excludes halogenated alkanes) is 1. The molecule has 1 N–H and O–H groups in total. The van der Waals surface area contributed by atoms with Gasteiger partial charge in [0, 0.05) is 12.0 Å². The summed E-state index contributed by atoms with van der Waals surface area (Å²) in [5.41, 5.74) is 0.911. The first-order valence-corrected chi connectivity index (χ1v) is 11.7. The lowest BCUT2D eigenvalue weighted by atomic mass is 10.1. The summed E-state index contributed by atoms with van der Waals surface area (Å²) in [4.78, 5) is 12.6. The fraction of sp³-hybridized carbons (Fsp3) is 0.280. The number of rotatable bonds is 11. The Kier molecular flexibility index (Phi) is 9.12. The number of hydrogen-bond acceptors (Lipinski definition) is 7. The maximum Gasteiger partial charge on any atom is 0.268 e. The van der Waals surface area contributed by atoms with Gasteiger partial charge in [0.25, 0.3) is 5.91 Å². The topological polar surface area (TPSA) is 97.1 Å². The number of nitriles is 1. The number of ether oxygens (including phenoxy) is 2. The van der Waals surface area contributed by atoms with E-state index in [2.05, 4.69) is 22.4 Å². The molecule has 176 valence electrons. The number of aromatic nitrogens is 2. The summed E-state index contributed by atoms with van der Waals surface area (Å²) in [6.45, 7) is 4.34. The average molecular weight is 481 g/mol. The second kappa shape index (κ2) is 12.5. The van der Waals surface area contributed by atoms with E-state index in [1.165, 1.54) is 23.5 Å². The molecule has 1 aromatic heterocycles. The molecule has 0 aliphatic heterocycles. The van der Waals surface area contributed by atoms with Crippen molar-refractivity contribution in [2.24, 2.45) is 0 Å². The van der Waals surface area contributed by atoms with Crippen molar-refractivity contribution in [2.45, 2.75) is 39.7 Å². The average Bonchev–Trinajstić information content (AvgIpc) is 3.28. The van der Waals surface area contributed by atoms with Crippen LogP contribution in [0.4, 0.5) is 9.52 Å². The molecule has 0 aliphatic rings. The minimum Gasteiger partial charge on any atom is -0.490 e. The van der Waals surface area contributed by atoms with Gasteiger partial charge >= 0.3 is 0 Å². The van der Waals surface area contributed by atoms with Gasteiger partial charge in [-0.05, 0) is 43.2 Å². The molecule has 0 aliphatic carbocycles. The molecule has 34 heavy (non-hydrogen) atoms. The number of amides is 1. The Balaban J connectivity index is 1.73. The molecule has 1 heterocycles. The van der Waals surface area contributed by atoms with Crippen LogP contribution in [0, 0.1) is 17.1 Å². The number of hydrogen-bond donors (Lipinski definition) is 1. The van der Waals surface area contributed by atoms with Gasteiger partial charge in [-0.1, -0.05) is 48.9 Å². The van der Waals surface area contributed by atoms with Crippen LogP contribution < -0.4 is 14.8 Å². The molecule has 9 heteroatoms. The van der Waals surface area contributed by atoms with Gasteiger partial charge in [0.05, 0.1) is 6.61 Å². The third-order valence-electron chi connectivity index (χ3n) is 4.72. The third-order valence-corrected chi connectivity index (χ3v) is 5.61. The van der Waals surface area contributed by atoms with Crippen LogP contribution >= 0.6 is 11.3 Å². The van der Waals surface area contributed by atoms with Gasteiger partial charge in [-0.15, -0.1) is 10.2 Å². The van der Waals surface area contributed by atoms with E-state index in [1.807, 2.05) is 13.0 Å². The van der Waals surface area contributed by atoms with Crippen molar-refractivity contribution in [1.82, 2.24) is 10.2 Å². The van der Waals surface area contributed by atoms with E-state index in [0.29, 0.717) is 34.4 Å². The Hall–Kier alpha value is -3.77. The maximum absolute atomic E-state index is 13.9. The van der Waals surface area contributed by atoms with Crippen LogP contribution in [0.3, 0.4) is 0 Å². The first kappa shape index (κ1) is 24.9. The lowest BCUT2D eigenvalue weighted by molar-refractivity contribution is -0.112. The number of carbonyl (C=O) groups is 1. The number of halogens is 1. The fourth-order valence-corrected chi connectivity index (χ4v) is 3.76. The molecule has 0 atom stereocenters. The van der Waals surface area contributed by atoms with E-state index in [0.717, 1.165) is 24.3 Å². The molecule has 0 unspecified atom stereocenters. The second-order valence-corrected chi connectivity index (χ2v) is 8.31. The molecule has 3 rings (SSSR count). The van der Waals surface area contributed by atoms with E-state index >= 15 is 0 Å². The number of benzene rings is 2. The lowest BCUT2D eigenvalue weighted by Crippen LogP contribution is -2.13. The van der Waals surface area contributed by atoms with Crippen LogP contribution in [-0.2, 0) is 17.8 Å². The second-order valence-electron chi connectivity index (χ2n) is 7.25.